The Morgan fingerprint density at radius 1 is 1.19 bits per heavy atom. The first-order chi connectivity index (χ1) is 10.2. The number of benzene rings is 1. The smallest absolute Gasteiger partial charge is 0.267 e. The van der Waals surface area contributed by atoms with Gasteiger partial charge in [0, 0.05) is 0 Å². The minimum Gasteiger partial charge on any atom is -0.267 e. The Balaban J connectivity index is 1.87. The van der Waals surface area contributed by atoms with Gasteiger partial charge in [-0.1, -0.05) is 29.1 Å². The van der Waals surface area contributed by atoms with Gasteiger partial charge < -0.3 is 0 Å². The van der Waals surface area contributed by atoms with Crippen LogP contribution in [0.4, 0.5) is 0 Å². The van der Waals surface area contributed by atoms with Gasteiger partial charge in [-0.3, -0.25) is 4.79 Å². The van der Waals surface area contributed by atoms with Crippen molar-refractivity contribution in [3.05, 3.63) is 34.6 Å². The quantitative estimate of drug-likeness (QED) is 0.667. The summed E-state index contributed by atoms with van der Waals surface area (Å²) in [4.78, 5) is 12.3. The topological polar surface area (TPSA) is 91.4 Å². The number of rotatable bonds is 4. The molecule has 108 valence electrons. The third-order valence-electron chi connectivity index (χ3n) is 2.90. The summed E-state index contributed by atoms with van der Waals surface area (Å²) in [7, 11) is 0. The average Bonchev–Trinajstić information content (AvgIpc) is 2.95. The Morgan fingerprint density at radius 2 is 2.00 bits per heavy atom. The van der Waals surface area contributed by atoms with Gasteiger partial charge >= 0.3 is 0 Å². The van der Waals surface area contributed by atoms with Gasteiger partial charge in [0.25, 0.3) is 5.56 Å². The zero-order chi connectivity index (χ0) is 14.8. The van der Waals surface area contributed by atoms with E-state index in [2.05, 4.69) is 25.8 Å². The Labute approximate surface area is 124 Å². The lowest BCUT2D eigenvalue weighted by Gasteiger charge is -2.07. The van der Waals surface area contributed by atoms with Gasteiger partial charge in [-0.05, 0) is 36.4 Å². The highest BCUT2D eigenvalue weighted by atomic mass is 32.2. The average molecular weight is 303 g/mol. The van der Waals surface area contributed by atoms with Gasteiger partial charge in [-0.15, -0.1) is 10.2 Å². The van der Waals surface area contributed by atoms with Crippen LogP contribution in [0.5, 0.6) is 0 Å². The molecule has 0 saturated carbocycles. The maximum atomic E-state index is 12.3. The first-order valence-electron chi connectivity index (χ1n) is 6.40. The van der Waals surface area contributed by atoms with E-state index in [4.69, 9.17) is 0 Å². The van der Waals surface area contributed by atoms with E-state index >= 15 is 0 Å². The first kappa shape index (κ1) is 13.7. The minimum atomic E-state index is -0.170. The van der Waals surface area contributed by atoms with Crippen LogP contribution in [0.15, 0.2) is 34.2 Å². The molecule has 0 N–H and O–H groups in total. The summed E-state index contributed by atoms with van der Waals surface area (Å²) in [6.45, 7) is 3.98. The molecule has 3 aromatic rings. The maximum absolute atomic E-state index is 12.3. The minimum absolute atomic E-state index is 0.155. The molecule has 0 unspecified atom stereocenters. The van der Waals surface area contributed by atoms with Crippen LogP contribution in [0.25, 0.3) is 10.9 Å². The highest BCUT2D eigenvalue weighted by Crippen LogP contribution is 2.18. The van der Waals surface area contributed by atoms with Crippen molar-refractivity contribution in [3.8, 4) is 0 Å². The number of aromatic nitrogens is 7. The van der Waals surface area contributed by atoms with E-state index in [0.717, 1.165) is 0 Å². The molecule has 0 amide bonds. The van der Waals surface area contributed by atoms with Crippen molar-refractivity contribution in [2.24, 2.45) is 0 Å². The molecule has 0 bridgehead atoms. The third-order valence-corrected chi connectivity index (χ3v) is 3.80. The van der Waals surface area contributed by atoms with Crippen LogP contribution >= 0.6 is 11.8 Å². The lowest BCUT2D eigenvalue weighted by atomic mass is 10.2. The predicted molar refractivity (Wildman–Crippen MR) is 77.9 cm³/mol. The van der Waals surface area contributed by atoms with Crippen molar-refractivity contribution in [1.82, 2.24) is 35.2 Å². The van der Waals surface area contributed by atoms with Crippen LogP contribution in [-0.2, 0) is 5.88 Å². The van der Waals surface area contributed by atoms with Crippen molar-refractivity contribution in [3.63, 3.8) is 0 Å². The molecule has 0 radical (unpaired) electrons. The molecule has 0 aliphatic carbocycles. The maximum Gasteiger partial charge on any atom is 0.278 e. The number of hydrogen-bond acceptors (Lipinski definition) is 7. The van der Waals surface area contributed by atoms with E-state index in [1.807, 2.05) is 26.0 Å². The second kappa shape index (κ2) is 5.60. The van der Waals surface area contributed by atoms with E-state index in [0.29, 0.717) is 21.9 Å². The van der Waals surface area contributed by atoms with Crippen LogP contribution in [-0.4, -0.2) is 35.2 Å². The summed E-state index contributed by atoms with van der Waals surface area (Å²) in [5.41, 5.74) is 0.424. The monoisotopic (exact) mass is 303 g/mol. The molecule has 2 aromatic heterocycles. The Morgan fingerprint density at radius 3 is 2.81 bits per heavy atom. The number of nitrogens with zero attached hydrogens (tertiary/aromatic N) is 7. The van der Waals surface area contributed by atoms with E-state index < -0.39 is 0 Å². The fourth-order valence-corrected chi connectivity index (χ4v) is 2.71. The van der Waals surface area contributed by atoms with Crippen molar-refractivity contribution in [2.45, 2.75) is 30.9 Å². The van der Waals surface area contributed by atoms with Crippen molar-refractivity contribution >= 4 is 22.7 Å². The lowest BCUT2D eigenvalue weighted by Crippen LogP contribution is -2.23. The van der Waals surface area contributed by atoms with Gasteiger partial charge in [0.2, 0.25) is 5.16 Å². The SMILES string of the molecule is CC(C)n1nnnc1SCn1nnc2ccccc2c1=O. The van der Waals surface area contributed by atoms with Crippen LogP contribution in [0, 0.1) is 0 Å². The third kappa shape index (κ3) is 2.64. The highest BCUT2D eigenvalue weighted by Gasteiger charge is 2.11. The lowest BCUT2D eigenvalue weighted by molar-refractivity contribution is 0.476. The van der Waals surface area contributed by atoms with Crippen molar-refractivity contribution in [1.29, 1.82) is 0 Å². The van der Waals surface area contributed by atoms with E-state index in [9.17, 15) is 4.79 Å². The van der Waals surface area contributed by atoms with Crippen molar-refractivity contribution < 1.29 is 0 Å². The summed E-state index contributed by atoms with van der Waals surface area (Å²) in [6.07, 6.45) is 0. The summed E-state index contributed by atoms with van der Waals surface area (Å²) in [5, 5.41) is 20.7. The normalized spacial score (nSPS) is 11.4. The van der Waals surface area contributed by atoms with Gasteiger partial charge in [0.05, 0.1) is 17.3 Å². The zero-order valence-electron chi connectivity index (χ0n) is 11.5. The van der Waals surface area contributed by atoms with Gasteiger partial charge in [0.15, 0.2) is 0 Å². The molecule has 9 heteroatoms. The summed E-state index contributed by atoms with van der Waals surface area (Å²) in [6, 6.07) is 7.29. The number of fused-ring (bicyclic) bond motifs is 1. The highest BCUT2D eigenvalue weighted by molar-refractivity contribution is 7.98. The summed E-state index contributed by atoms with van der Waals surface area (Å²) < 4.78 is 3.01. The molecular formula is C12H13N7OS. The zero-order valence-corrected chi connectivity index (χ0v) is 12.4. The number of hydrogen-bond donors (Lipinski definition) is 0. The molecule has 21 heavy (non-hydrogen) atoms. The largest absolute Gasteiger partial charge is 0.278 e. The number of tetrazole rings is 1. The van der Waals surface area contributed by atoms with Gasteiger partial charge in [0.1, 0.15) is 5.52 Å². The predicted octanol–water partition coefficient (Wildman–Crippen LogP) is 1.11. The fourth-order valence-electron chi connectivity index (χ4n) is 1.83. The molecule has 8 nitrogen and oxygen atoms in total. The van der Waals surface area contributed by atoms with E-state index in [1.54, 1.807) is 16.8 Å². The Bertz CT molecular complexity index is 826. The van der Waals surface area contributed by atoms with Gasteiger partial charge in [-0.25, -0.2) is 4.68 Å². The molecule has 0 atom stereocenters. The Kier molecular flexibility index (Phi) is 3.65. The van der Waals surface area contributed by atoms with Crippen LogP contribution in [0.1, 0.15) is 19.9 Å². The van der Waals surface area contributed by atoms with Crippen LogP contribution in [0.2, 0.25) is 0 Å². The standard InChI is InChI=1S/C12H13N7OS/c1-8(2)19-12(14-15-17-19)21-7-18-11(20)9-5-3-4-6-10(9)13-16-18/h3-6,8H,7H2,1-2H3. The molecule has 0 fully saturated rings. The molecule has 1 aromatic carbocycles. The summed E-state index contributed by atoms with van der Waals surface area (Å²) in [5.74, 6) is 0.309. The molecule has 2 heterocycles. The Hall–Kier alpha value is -2.29. The second-order valence-corrected chi connectivity index (χ2v) is 5.60. The molecule has 0 aliphatic heterocycles. The molecule has 0 aliphatic rings. The van der Waals surface area contributed by atoms with E-state index in [1.165, 1.54) is 16.4 Å². The number of thioether (sulfide) groups is 1. The molecule has 3 rings (SSSR count). The van der Waals surface area contributed by atoms with Crippen LogP contribution in [0.3, 0.4) is 0 Å². The second-order valence-electron chi connectivity index (χ2n) is 4.68. The first-order valence-corrected chi connectivity index (χ1v) is 7.38. The molecular weight excluding hydrogens is 290 g/mol. The summed E-state index contributed by atoms with van der Waals surface area (Å²) >= 11 is 1.35. The van der Waals surface area contributed by atoms with Gasteiger partial charge in [-0.2, -0.15) is 4.68 Å². The molecule has 0 saturated heterocycles. The van der Waals surface area contributed by atoms with E-state index in [-0.39, 0.29) is 11.6 Å². The van der Waals surface area contributed by atoms with Crippen LogP contribution < -0.4 is 5.56 Å². The fraction of sp³-hybridized carbons (Fsp3) is 0.333. The van der Waals surface area contributed by atoms with Crippen molar-refractivity contribution in [2.75, 3.05) is 0 Å². The molecule has 0 spiro atoms.